The fraction of sp³-hybridized carbons (Fsp3) is 0.292. The van der Waals surface area contributed by atoms with E-state index in [9.17, 15) is 9.59 Å². The number of para-hydroxylation sites is 1. The van der Waals surface area contributed by atoms with Crippen LogP contribution in [-0.2, 0) is 4.74 Å². The second kappa shape index (κ2) is 9.55. The Labute approximate surface area is 187 Å². The first-order valence-corrected chi connectivity index (χ1v) is 10.6. The van der Waals surface area contributed by atoms with Crippen molar-refractivity contribution in [2.45, 2.75) is 6.92 Å². The molecule has 2 aromatic carbocycles. The first-order chi connectivity index (χ1) is 15.6. The zero-order valence-corrected chi connectivity index (χ0v) is 18.2. The molecule has 0 spiro atoms. The number of aromatic nitrogens is 2. The Morgan fingerprint density at radius 2 is 1.66 bits per heavy atom. The molecule has 2 heterocycles. The quantitative estimate of drug-likeness (QED) is 0.615. The summed E-state index contributed by atoms with van der Waals surface area (Å²) >= 11 is 0. The van der Waals surface area contributed by atoms with Gasteiger partial charge < -0.3 is 19.3 Å². The molecular weight excluding hydrogens is 408 g/mol. The van der Waals surface area contributed by atoms with E-state index < -0.39 is 0 Å². The fourth-order valence-electron chi connectivity index (χ4n) is 3.69. The molecule has 1 saturated heterocycles. The molecule has 0 radical (unpaired) electrons. The average molecular weight is 434 g/mol. The van der Waals surface area contributed by atoms with Gasteiger partial charge in [0.15, 0.2) is 0 Å². The number of carbonyl (C=O) groups excluding carboxylic acids is 2. The molecule has 4 rings (SSSR count). The normalized spacial score (nSPS) is 13.7. The number of nitrogens with zero attached hydrogens (tertiary/aromatic N) is 4. The Morgan fingerprint density at radius 1 is 0.938 bits per heavy atom. The monoisotopic (exact) mass is 434 g/mol. The molecule has 0 saturated carbocycles. The second-order valence-corrected chi connectivity index (χ2v) is 7.37. The van der Waals surface area contributed by atoms with Gasteiger partial charge in [-0.1, -0.05) is 30.3 Å². The predicted molar refractivity (Wildman–Crippen MR) is 120 cm³/mol. The van der Waals surface area contributed by atoms with E-state index in [0.29, 0.717) is 44.2 Å². The lowest BCUT2D eigenvalue weighted by Crippen LogP contribution is -2.51. The van der Waals surface area contributed by atoms with Crippen molar-refractivity contribution in [3.8, 4) is 22.7 Å². The molecule has 8 nitrogen and oxygen atoms in total. The molecule has 2 amide bonds. The number of benzene rings is 2. The Morgan fingerprint density at radius 3 is 2.34 bits per heavy atom. The Bertz CT molecular complexity index is 1090. The Kier molecular flexibility index (Phi) is 6.39. The molecule has 1 fully saturated rings. The molecule has 1 aromatic heterocycles. The summed E-state index contributed by atoms with van der Waals surface area (Å²) in [6, 6.07) is 19.0. The third-order valence-corrected chi connectivity index (χ3v) is 5.39. The highest BCUT2D eigenvalue weighted by Gasteiger charge is 2.28. The third-order valence-electron chi connectivity index (χ3n) is 5.39. The predicted octanol–water partition coefficient (Wildman–Crippen LogP) is 3.46. The number of ether oxygens (including phenoxy) is 2. The van der Waals surface area contributed by atoms with Crippen molar-refractivity contribution < 1.29 is 19.1 Å². The maximum Gasteiger partial charge on any atom is 0.409 e. The van der Waals surface area contributed by atoms with Crippen molar-refractivity contribution in [3.05, 3.63) is 66.4 Å². The number of amides is 2. The van der Waals surface area contributed by atoms with Crippen LogP contribution in [0.4, 0.5) is 4.79 Å². The minimum absolute atomic E-state index is 0.126. The van der Waals surface area contributed by atoms with Crippen LogP contribution in [0.5, 0.6) is 5.75 Å². The topological polar surface area (TPSA) is 76.9 Å². The first kappa shape index (κ1) is 21.4. The van der Waals surface area contributed by atoms with Crippen LogP contribution in [-0.4, -0.2) is 71.5 Å². The number of hydrogen-bond donors (Lipinski definition) is 0. The Hall–Kier alpha value is -3.81. The highest BCUT2D eigenvalue weighted by atomic mass is 16.6. The number of hydrogen-bond acceptors (Lipinski definition) is 5. The summed E-state index contributed by atoms with van der Waals surface area (Å²) in [6.45, 7) is 3.86. The summed E-state index contributed by atoms with van der Waals surface area (Å²) in [6.07, 6.45) is -0.339. The minimum Gasteiger partial charge on any atom is -0.497 e. The van der Waals surface area contributed by atoms with E-state index in [-0.39, 0.29) is 12.0 Å². The van der Waals surface area contributed by atoms with E-state index in [0.717, 1.165) is 17.0 Å². The number of carbonyl (C=O) groups is 2. The van der Waals surface area contributed by atoms with Gasteiger partial charge >= 0.3 is 6.09 Å². The summed E-state index contributed by atoms with van der Waals surface area (Å²) < 4.78 is 12.1. The van der Waals surface area contributed by atoms with E-state index in [1.807, 2.05) is 60.7 Å². The molecule has 1 aliphatic rings. The minimum atomic E-state index is -0.339. The van der Waals surface area contributed by atoms with E-state index in [4.69, 9.17) is 14.6 Å². The van der Waals surface area contributed by atoms with Gasteiger partial charge in [-0.3, -0.25) is 4.79 Å². The number of methoxy groups -OCH3 is 1. The van der Waals surface area contributed by atoms with Gasteiger partial charge in [0.05, 0.1) is 25.1 Å². The van der Waals surface area contributed by atoms with Crippen molar-refractivity contribution in [1.29, 1.82) is 0 Å². The summed E-state index contributed by atoms with van der Waals surface area (Å²) in [4.78, 5) is 28.8. The van der Waals surface area contributed by atoms with Crippen molar-refractivity contribution in [2.24, 2.45) is 0 Å². The van der Waals surface area contributed by atoms with Crippen molar-refractivity contribution in [2.75, 3.05) is 39.9 Å². The van der Waals surface area contributed by atoms with Gasteiger partial charge in [0.25, 0.3) is 5.91 Å². The molecule has 32 heavy (non-hydrogen) atoms. The zero-order valence-electron chi connectivity index (χ0n) is 18.2. The van der Waals surface area contributed by atoms with Crippen molar-refractivity contribution in [3.63, 3.8) is 0 Å². The summed E-state index contributed by atoms with van der Waals surface area (Å²) in [5, 5.41) is 4.74. The van der Waals surface area contributed by atoms with Crippen LogP contribution in [0.15, 0.2) is 60.7 Å². The average Bonchev–Trinajstić information content (AvgIpc) is 3.30. The number of rotatable bonds is 5. The molecular formula is C24H26N4O4. The fourth-order valence-corrected chi connectivity index (χ4v) is 3.69. The van der Waals surface area contributed by atoms with Crippen LogP contribution in [0.1, 0.15) is 17.4 Å². The van der Waals surface area contributed by atoms with Gasteiger partial charge in [0.2, 0.25) is 0 Å². The Balaban J connectivity index is 1.63. The smallest absolute Gasteiger partial charge is 0.409 e. The van der Waals surface area contributed by atoms with Crippen molar-refractivity contribution >= 4 is 12.0 Å². The zero-order chi connectivity index (χ0) is 22.5. The van der Waals surface area contributed by atoms with Crippen molar-refractivity contribution in [1.82, 2.24) is 19.6 Å². The van der Waals surface area contributed by atoms with Crippen LogP contribution in [0.2, 0.25) is 0 Å². The molecule has 0 unspecified atom stereocenters. The molecule has 0 bridgehead atoms. The van der Waals surface area contributed by atoms with Gasteiger partial charge in [0, 0.05) is 31.7 Å². The van der Waals surface area contributed by atoms with Gasteiger partial charge in [-0.25, -0.2) is 9.48 Å². The summed E-state index contributed by atoms with van der Waals surface area (Å²) in [7, 11) is 1.62. The van der Waals surface area contributed by atoms with Crippen LogP contribution in [0, 0.1) is 0 Å². The molecule has 3 aromatic rings. The summed E-state index contributed by atoms with van der Waals surface area (Å²) in [5.74, 6) is 0.596. The molecule has 0 atom stereocenters. The first-order valence-electron chi connectivity index (χ1n) is 10.6. The maximum atomic E-state index is 13.5. The van der Waals surface area contributed by atoms with E-state index in [1.54, 1.807) is 28.5 Å². The lowest BCUT2D eigenvalue weighted by molar-refractivity contribution is 0.0563. The maximum absolute atomic E-state index is 13.5. The van der Waals surface area contributed by atoms with Crippen LogP contribution < -0.4 is 4.74 Å². The standard InChI is InChI=1S/C24H26N4O4/c1-3-32-24(30)27-14-12-26(13-15-27)23(29)22-17-21(18-8-7-11-20(16-18)31-2)25-28(22)19-9-5-4-6-10-19/h4-11,16-17H,3,12-15H2,1-2H3. The third kappa shape index (κ3) is 4.44. The lowest BCUT2D eigenvalue weighted by Gasteiger charge is -2.34. The molecule has 0 aliphatic carbocycles. The highest BCUT2D eigenvalue weighted by Crippen LogP contribution is 2.26. The molecule has 1 aliphatic heterocycles. The summed E-state index contributed by atoms with van der Waals surface area (Å²) in [5.41, 5.74) is 2.82. The van der Waals surface area contributed by atoms with Gasteiger partial charge in [-0.05, 0) is 37.3 Å². The van der Waals surface area contributed by atoms with Gasteiger partial charge in [-0.2, -0.15) is 5.10 Å². The largest absolute Gasteiger partial charge is 0.497 e. The molecule has 166 valence electrons. The SMILES string of the molecule is CCOC(=O)N1CCN(C(=O)c2cc(-c3cccc(OC)c3)nn2-c2ccccc2)CC1. The lowest BCUT2D eigenvalue weighted by atomic mass is 10.1. The highest BCUT2D eigenvalue weighted by molar-refractivity contribution is 5.94. The van der Waals surface area contributed by atoms with Crippen LogP contribution in [0.25, 0.3) is 16.9 Å². The molecule has 0 N–H and O–H groups in total. The van der Waals surface area contributed by atoms with Gasteiger partial charge in [0.1, 0.15) is 11.4 Å². The van der Waals surface area contributed by atoms with E-state index in [1.165, 1.54) is 0 Å². The van der Waals surface area contributed by atoms with Crippen LogP contribution in [0.3, 0.4) is 0 Å². The van der Waals surface area contributed by atoms with E-state index >= 15 is 0 Å². The van der Waals surface area contributed by atoms with Gasteiger partial charge in [-0.15, -0.1) is 0 Å². The van der Waals surface area contributed by atoms with Crippen LogP contribution >= 0.6 is 0 Å². The molecule has 8 heteroatoms. The van der Waals surface area contributed by atoms with E-state index in [2.05, 4.69) is 0 Å². The number of piperazine rings is 1. The second-order valence-electron chi connectivity index (χ2n) is 7.37.